The van der Waals surface area contributed by atoms with Crippen LogP contribution in [0.3, 0.4) is 0 Å². The molecule has 0 aromatic heterocycles. The topological polar surface area (TPSA) is 52.6 Å². The molecule has 2 saturated heterocycles. The highest BCUT2D eigenvalue weighted by Gasteiger charge is 2.67. The van der Waals surface area contributed by atoms with Crippen LogP contribution in [0, 0.1) is 23.2 Å². The smallest absolute Gasteiger partial charge is 0.596 e. The monoisotopic (exact) mass is 381 g/mol. The molecule has 3 aliphatic carbocycles. The van der Waals surface area contributed by atoms with Crippen LogP contribution in [0.2, 0.25) is 0 Å². The van der Waals surface area contributed by atoms with Crippen LogP contribution in [-0.2, 0) is 18.9 Å². The maximum absolute atomic E-state index is 12.4. The Morgan fingerprint density at radius 3 is 2.39 bits per heavy atom. The zero-order valence-corrected chi connectivity index (χ0v) is 16.7. The second-order valence-electron chi connectivity index (χ2n) is 9.89. The molecule has 6 rings (SSSR count). The van der Waals surface area contributed by atoms with Crippen molar-refractivity contribution in [2.75, 3.05) is 19.6 Å². The standard InChI is InChI=1S/C22H28BNO4/c1-22(2)18-9-8-17(19(22)12-18)13-24-14-20(25)27-23(24,28-21(26)15-24)11-10-16-6-4-3-5-7-16/h3-7,10-11,17-19H,8-9,12-15H2,1-2H3/t17-,18-,19?,23?,24?/m1/s1. The van der Waals surface area contributed by atoms with Crippen LogP contribution in [-0.4, -0.2) is 42.7 Å². The summed E-state index contributed by atoms with van der Waals surface area (Å²) in [5.74, 6) is 3.34. The first-order chi connectivity index (χ1) is 13.3. The Labute approximate surface area is 166 Å². The van der Waals surface area contributed by atoms with E-state index in [0.29, 0.717) is 21.6 Å². The first-order valence-electron chi connectivity index (χ1n) is 10.5. The van der Waals surface area contributed by atoms with Crippen molar-refractivity contribution in [3.05, 3.63) is 41.9 Å². The molecule has 2 heterocycles. The Balaban J connectivity index is 1.47. The van der Waals surface area contributed by atoms with Crippen LogP contribution < -0.4 is 0 Å². The molecule has 3 saturated carbocycles. The molecule has 148 valence electrons. The molecular weight excluding hydrogens is 353 g/mol. The Morgan fingerprint density at radius 2 is 1.79 bits per heavy atom. The van der Waals surface area contributed by atoms with Gasteiger partial charge in [-0.05, 0) is 42.1 Å². The minimum Gasteiger partial charge on any atom is -0.596 e. The average molecular weight is 381 g/mol. The van der Waals surface area contributed by atoms with Gasteiger partial charge >= 0.3 is 18.6 Å². The second kappa shape index (κ2) is 5.96. The van der Waals surface area contributed by atoms with Gasteiger partial charge in [-0.3, -0.25) is 9.59 Å². The molecule has 5 aliphatic rings. The highest BCUT2D eigenvalue weighted by atomic mass is 16.7. The van der Waals surface area contributed by atoms with E-state index in [1.807, 2.05) is 42.4 Å². The molecule has 0 amide bonds. The number of carbonyl (C=O) groups excluding carboxylic acids is 2. The molecule has 2 aliphatic heterocycles. The molecule has 28 heavy (non-hydrogen) atoms. The summed E-state index contributed by atoms with van der Waals surface area (Å²) >= 11 is 0. The highest BCUT2D eigenvalue weighted by Crippen LogP contribution is 2.62. The molecule has 3 atom stereocenters. The van der Waals surface area contributed by atoms with E-state index in [0.717, 1.165) is 18.0 Å². The number of rotatable bonds is 4. The van der Waals surface area contributed by atoms with E-state index in [1.54, 1.807) is 0 Å². The maximum Gasteiger partial charge on any atom is 0.607 e. The molecule has 0 N–H and O–H groups in total. The summed E-state index contributed by atoms with van der Waals surface area (Å²) in [6.45, 7) is 3.88. The molecule has 0 spiro atoms. The highest BCUT2D eigenvalue weighted by molar-refractivity contribution is 6.71. The predicted molar refractivity (Wildman–Crippen MR) is 106 cm³/mol. The SMILES string of the molecule is CC1(C)C2C[C@H]1CC[C@@H]2C[N+]12CC(=O)O[B-]1(C=Cc1ccccc1)OC(=O)C2. The van der Waals surface area contributed by atoms with Crippen LogP contribution in [0.15, 0.2) is 36.3 Å². The van der Waals surface area contributed by atoms with Crippen molar-refractivity contribution in [3.63, 3.8) is 0 Å². The average Bonchev–Trinajstić information content (AvgIpc) is 3.05. The van der Waals surface area contributed by atoms with Gasteiger partial charge in [0.15, 0.2) is 0 Å². The van der Waals surface area contributed by atoms with E-state index in [9.17, 15) is 9.59 Å². The summed E-state index contributed by atoms with van der Waals surface area (Å²) in [5, 5.41) is 0. The minimum absolute atomic E-state index is 0.234. The van der Waals surface area contributed by atoms with Crippen molar-refractivity contribution in [1.29, 1.82) is 0 Å². The predicted octanol–water partition coefficient (Wildman–Crippen LogP) is 3.18. The van der Waals surface area contributed by atoms with Crippen molar-refractivity contribution in [2.45, 2.75) is 33.1 Å². The number of benzene rings is 1. The Bertz CT molecular complexity index is 827. The fraction of sp³-hybridized carbons (Fsp3) is 0.545. The summed E-state index contributed by atoms with van der Waals surface area (Å²) in [6, 6.07) is 9.87. The van der Waals surface area contributed by atoms with Gasteiger partial charge in [0.2, 0.25) is 0 Å². The zero-order chi connectivity index (χ0) is 19.6. The summed E-state index contributed by atoms with van der Waals surface area (Å²) in [5.41, 5.74) is 1.37. The lowest BCUT2D eigenvalue weighted by Crippen LogP contribution is -2.66. The van der Waals surface area contributed by atoms with E-state index in [1.165, 1.54) is 19.3 Å². The van der Waals surface area contributed by atoms with Crippen LogP contribution in [0.5, 0.6) is 0 Å². The van der Waals surface area contributed by atoms with Crippen LogP contribution in [0.25, 0.3) is 6.08 Å². The summed E-state index contributed by atoms with van der Waals surface area (Å²) in [6.07, 6.45) is 5.63. The lowest BCUT2D eigenvalue weighted by molar-refractivity contribution is -0.819. The Morgan fingerprint density at radius 1 is 1.11 bits per heavy atom. The number of hydrogen-bond donors (Lipinski definition) is 0. The molecule has 1 aromatic carbocycles. The number of fused-ring (bicyclic) bond motifs is 3. The summed E-state index contributed by atoms with van der Waals surface area (Å²) < 4.78 is 11.9. The third-order valence-corrected chi connectivity index (χ3v) is 8.18. The van der Waals surface area contributed by atoms with Gasteiger partial charge < -0.3 is 13.7 Å². The maximum atomic E-state index is 12.4. The van der Waals surface area contributed by atoms with Gasteiger partial charge in [0, 0.05) is 12.5 Å². The third-order valence-electron chi connectivity index (χ3n) is 8.18. The molecule has 2 bridgehead atoms. The summed E-state index contributed by atoms with van der Waals surface area (Å²) in [4.78, 5) is 24.8. The molecule has 1 aromatic rings. The Kier molecular flexibility index (Phi) is 3.83. The number of quaternary nitrogens is 1. The first kappa shape index (κ1) is 18.0. The number of nitrogens with zero attached hydrogens (tertiary/aromatic N) is 1. The van der Waals surface area contributed by atoms with E-state index < -0.39 is 6.69 Å². The molecule has 5 fully saturated rings. The fourth-order valence-corrected chi connectivity index (χ4v) is 6.51. The van der Waals surface area contributed by atoms with Crippen molar-refractivity contribution >= 4 is 24.7 Å². The van der Waals surface area contributed by atoms with E-state index >= 15 is 0 Å². The zero-order valence-electron chi connectivity index (χ0n) is 16.7. The van der Waals surface area contributed by atoms with Crippen LogP contribution >= 0.6 is 0 Å². The number of hydrogen-bond acceptors (Lipinski definition) is 4. The minimum atomic E-state index is -2.14. The van der Waals surface area contributed by atoms with E-state index in [2.05, 4.69) is 13.8 Å². The lowest BCUT2D eigenvalue weighted by Gasteiger charge is -2.61. The fourth-order valence-electron chi connectivity index (χ4n) is 6.51. The van der Waals surface area contributed by atoms with Crippen LogP contribution in [0.1, 0.15) is 38.7 Å². The van der Waals surface area contributed by atoms with Gasteiger partial charge in [-0.25, -0.2) is 0 Å². The third kappa shape index (κ3) is 2.50. The Hall–Kier alpha value is -2.08. The molecule has 5 nitrogen and oxygen atoms in total. The quantitative estimate of drug-likeness (QED) is 0.752. The lowest BCUT2D eigenvalue weighted by atomic mass is 9.45. The van der Waals surface area contributed by atoms with Crippen molar-refractivity contribution in [2.24, 2.45) is 23.2 Å². The van der Waals surface area contributed by atoms with Gasteiger partial charge in [-0.15, -0.1) is 0 Å². The largest absolute Gasteiger partial charge is 0.607 e. The van der Waals surface area contributed by atoms with Gasteiger partial charge in [0.25, 0.3) is 0 Å². The first-order valence-corrected chi connectivity index (χ1v) is 10.5. The summed E-state index contributed by atoms with van der Waals surface area (Å²) in [7, 11) is 0. The second-order valence-corrected chi connectivity index (χ2v) is 9.89. The molecule has 1 unspecified atom stereocenters. The van der Waals surface area contributed by atoms with E-state index in [-0.39, 0.29) is 25.0 Å². The van der Waals surface area contributed by atoms with Crippen molar-refractivity contribution < 1.29 is 23.3 Å². The van der Waals surface area contributed by atoms with Crippen molar-refractivity contribution in [1.82, 2.24) is 0 Å². The molecule has 6 heteroatoms. The normalized spacial score (nSPS) is 40.7. The van der Waals surface area contributed by atoms with Gasteiger partial charge in [-0.2, -0.15) is 0 Å². The van der Waals surface area contributed by atoms with Gasteiger partial charge in [-0.1, -0.05) is 56.2 Å². The van der Waals surface area contributed by atoms with Gasteiger partial charge in [0.1, 0.15) is 13.1 Å². The number of carbonyl (C=O) groups is 2. The van der Waals surface area contributed by atoms with Gasteiger partial charge in [0.05, 0.1) is 0 Å². The molecular formula is C22H28BNO4. The van der Waals surface area contributed by atoms with Crippen molar-refractivity contribution in [3.8, 4) is 0 Å². The molecule has 0 radical (unpaired) electrons. The van der Waals surface area contributed by atoms with Crippen LogP contribution in [0.4, 0.5) is 0 Å². The van der Waals surface area contributed by atoms with E-state index in [4.69, 9.17) is 9.31 Å².